The number of nitrogens with zero attached hydrogens (tertiary/aromatic N) is 1. The minimum Gasteiger partial charge on any atom is -0.449 e. The van der Waals surface area contributed by atoms with Crippen LogP contribution >= 0.6 is 11.6 Å². The lowest BCUT2D eigenvalue weighted by atomic mass is 10.1. The Bertz CT molecular complexity index is 1660. The maximum absolute atomic E-state index is 14.3. The number of carbonyl (C=O) groups is 1. The van der Waals surface area contributed by atoms with Crippen LogP contribution in [0.25, 0.3) is 11.0 Å². The highest BCUT2D eigenvalue weighted by molar-refractivity contribution is 6.30. The fourth-order valence-electron chi connectivity index (χ4n) is 4.43. The van der Waals surface area contributed by atoms with Crippen LogP contribution in [0.4, 0.5) is 13.2 Å². The Morgan fingerprint density at radius 2 is 1.71 bits per heavy atom. The fraction of sp³-hybridized carbons (Fsp3) is 0.267. The van der Waals surface area contributed by atoms with Gasteiger partial charge in [-0.2, -0.15) is 13.2 Å². The molecule has 0 radical (unpaired) electrons. The van der Waals surface area contributed by atoms with Gasteiger partial charge in [0.05, 0.1) is 29.7 Å². The van der Waals surface area contributed by atoms with E-state index in [0.29, 0.717) is 31.3 Å². The van der Waals surface area contributed by atoms with Gasteiger partial charge in [0, 0.05) is 24.7 Å². The van der Waals surface area contributed by atoms with Crippen LogP contribution in [0, 0.1) is 13.8 Å². The maximum Gasteiger partial charge on any atom is 0.453 e. The molecule has 0 bridgehead atoms. The molecule has 1 aliphatic heterocycles. The number of ether oxygens (including phenoxy) is 3. The molecular weight excluding hydrogens is 563 g/mol. The summed E-state index contributed by atoms with van der Waals surface area (Å²) in [5.41, 5.74) is 0.639. The molecule has 5 rings (SSSR count). The van der Waals surface area contributed by atoms with E-state index in [1.807, 2.05) is 11.8 Å². The monoisotopic (exact) mass is 587 g/mol. The van der Waals surface area contributed by atoms with Gasteiger partial charge in [0.25, 0.3) is 5.76 Å². The second-order valence-electron chi connectivity index (χ2n) is 9.64. The van der Waals surface area contributed by atoms with Crippen molar-refractivity contribution in [1.82, 2.24) is 4.90 Å². The molecule has 214 valence electrons. The normalized spacial score (nSPS) is 14.3. The van der Waals surface area contributed by atoms with Gasteiger partial charge in [-0.3, -0.25) is 9.69 Å². The Balaban J connectivity index is 1.65. The lowest BCUT2D eigenvalue weighted by Crippen LogP contribution is -2.36. The molecule has 0 saturated carbocycles. The topological polar surface area (TPSA) is 78.2 Å². The van der Waals surface area contributed by atoms with Gasteiger partial charge < -0.3 is 18.6 Å². The van der Waals surface area contributed by atoms with Crippen LogP contribution in [0.3, 0.4) is 0 Å². The summed E-state index contributed by atoms with van der Waals surface area (Å²) in [6.07, 6.45) is -5.06. The molecule has 0 N–H and O–H groups in total. The quantitative estimate of drug-likeness (QED) is 0.179. The van der Waals surface area contributed by atoms with Gasteiger partial charge in [0.2, 0.25) is 11.2 Å². The first-order valence-corrected chi connectivity index (χ1v) is 13.1. The van der Waals surface area contributed by atoms with Crippen molar-refractivity contribution >= 4 is 28.5 Å². The van der Waals surface area contributed by atoms with Crippen molar-refractivity contribution in [3.63, 3.8) is 0 Å². The van der Waals surface area contributed by atoms with Gasteiger partial charge in [-0.05, 0) is 73.5 Å². The van der Waals surface area contributed by atoms with Crippen LogP contribution in [-0.4, -0.2) is 37.2 Å². The van der Waals surface area contributed by atoms with E-state index in [1.165, 1.54) is 42.5 Å². The van der Waals surface area contributed by atoms with Crippen LogP contribution < -0.4 is 14.9 Å². The molecule has 1 fully saturated rings. The summed E-state index contributed by atoms with van der Waals surface area (Å²) in [6, 6.07) is 13.3. The highest BCUT2D eigenvalue weighted by Crippen LogP contribution is 2.40. The molecule has 0 amide bonds. The lowest BCUT2D eigenvalue weighted by molar-refractivity contribution is -0.154. The average Bonchev–Trinajstić information content (AvgIpc) is 2.93. The van der Waals surface area contributed by atoms with Crippen molar-refractivity contribution in [2.75, 3.05) is 26.3 Å². The third-order valence-corrected chi connectivity index (χ3v) is 7.05. The lowest BCUT2D eigenvalue weighted by Gasteiger charge is -2.27. The van der Waals surface area contributed by atoms with Crippen LogP contribution in [0.15, 0.2) is 63.8 Å². The van der Waals surface area contributed by atoms with Gasteiger partial charge >= 0.3 is 12.1 Å². The number of halogens is 4. The second kappa shape index (κ2) is 11.6. The second-order valence-corrected chi connectivity index (χ2v) is 10.1. The minimum atomic E-state index is -5.06. The predicted molar refractivity (Wildman–Crippen MR) is 146 cm³/mol. The number of hydrogen-bond donors (Lipinski definition) is 0. The molecule has 0 unspecified atom stereocenters. The van der Waals surface area contributed by atoms with Gasteiger partial charge in [0.1, 0.15) is 17.1 Å². The zero-order valence-corrected chi connectivity index (χ0v) is 22.9. The van der Waals surface area contributed by atoms with Crippen LogP contribution in [0.5, 0.6) is 17.2 Å². The zero-order chi connectivity index (χ0) is 29.3. The summed E-state index contributed by atoms with van der Waals surface area (Å²) in [5.74, 6) is -3.29. The molecule has 0 aliphatic carbocycles. The van der Waals surface area contributed by atoms with E-state index in [2.05, 4.69) is 0 Å². The molecule has 4 aromatic rings. The number of esters is 1. The first-order valence-electron chi connectivity index (χ1n) is 12.7. The maximum atomic E-state index is 14.3. The Hall–Kier alpha value is -3.86. The summed E-state index contributed by atoms with van der Waals surface area (Å²) in [5, 5.41) is 0.270. The molecule has 1 saturated heterocycles. The first kappa shape index (κ1) is 28.7. The highest BCUT2D eigenvalue weighted by atomic mass is 35.5. The van der Waals surface area contributed by atoms with E-state index in [0.717, 1.165) is 11.1 Å². The number of benzene rings is 3. The Labute approximate surface area is 238 Å². The van der Waals surface area contributed by atoms with E-state index in [4.69, 9.17) is 30.2 Å². The van der Waals surface area contributed by atoms with Crippen LogP contribution in [0.2, 0.25) is 5.02 Å². The highest BCUT2D eigenvalue weighted by Gasteiger charge is 2.41. The summed E-state index contributed by atoms with van der Waals surface area (Å²) in [6.45, 7) is 5.45. The van der Waals surface area contributed by atoms with Crippen molar-refractivity contribution < 1.29 is 36.6 Å². The SMILES string of the molecule is Cc1ccc(Oc2c(C(F)(F)F)oc3c(CN4CCOCC4)c(OC(=O)c4ccc(Cl)cc4)ccc3c2=O)cc1C. The van der Waals surface area contributed by atoms with Crippen molar-refractivity contribution in [2.45, 2.75) is 26.6 Å². The van der Waals surface area contributed by atoms with Gasteiger partial charge in [-0.25, -0.2) is 4.79 Å². The number of morpholine rings is 1. The van der Waals surface area contributed by atoms with Crippen molar-refractivity contribution in [3.05, 3.63) is 97.9 Å². The number of aryl methyl sites for hydroxylation is 2. The van der Waals surface area contributed by atoms with E-state index >= 15 is 0 Å². The third-order valence-electron chi connectivity index (χ3n) is 6.80. The van der Waals surface area contributed by atoms with E-state index in [1.54, 1.807) is 19.1 Å². The first-order chi connectivity index (χ1) is 19.5. The minimum absolute atomic E-state index is 0.0388. The molecule has 0 atom stereocenters. The molecule has 3 aromatic carbocycles. The Morgan fingerprint density at radius 3 is 2.37 bits per heavy atom. The van der Waals surface area contributed by atoms with Gasteiger partial charge in [-0.15, -0.1) is 0 Å². The largest absolute Gasteiger partial charge is 0.453 e. The van der Waals surface area contributed by atoms with Crippen molar-refractivity contribution in [2.24, 2.45) is 0 Å². The predicted octanol–water partition coefficient (Wildman–Crippen LogP) is 6.93. The zero-order valence-electron chi connectivity index (χ0n) is 22.1. The standard InChI is InChI=1S/C30H25ClF3NO6/c1-17-3-8-21(15-18(17)2)39-27-25(36)22-9-10-24(40-29(37)19-4-6-20(31)7-5-19)23(16-35-11-13-38-14-12-35)26(22)41-28(27)30(32,33)34/h3-10,15H,11-14,16H2,1-2H3. The summed E-state index contributed by atoms with van der Waals surface area (Å²) < 4.78 is 64.9. The summed E-state index contributed by atoms with van der Waals surface area (Å²) >= 11 is 5.91. The number of rotatable bonds is 6. The summed E-state index contributed by atoms with van der Waals surface area (Å²) in [7, 11) is 0. The molecule has 1 aromatic heterocycles. The fourth-order valence-corrected chi connectivity index (χ4v) is 4.55. The number of carbonyl (C=O) groups excluding carboxylic acids is 1. The molecule has 2 heterocycles. The third kappa shape index (κ3) is 6.24. The molecule has 11 heteroatoms. The Morgan fingerprint density at radius 1 is 1.00 bits per heavy atom. The smallest absolute Gasteiger partial charge is 0.449 e. The van der Waals surface area contributed by atoms with Gasteiger partial charge in [0.15, 0.2) is 0 Å². The van der Waals surface area contributed by atoms with E-state index in [-0.39, 0.29) is 40.1 Å². The number of alkyl halides is 3. The van der Waals surface area contributed by atoms with Crippen molar-refractivity contribution in [1.29, 1.82) is 0 Å². The molecule has 1 aliphatic rings. The summed E-state index contributed by atoms with van der Waals surface area (Å²) in [4.78, 5) is 28.4. The number of fused-ring (bicyclic) bond motifs is 1. The molecular formula is C30H25ClF3NO6. The van der Waals surface area contributed by atoms with Crippen molar-refractivity contribution in [3.8, 4) is 17.2 Å². The van der Waals surface area contributed by atoms with Crippen LogP contribution in [-0.2, 0) is 17.5 Å². The Kier molecular flexibility index (Phi) is 8.08. The molecule has 41 heavy (non-hydrogen) atoms. The average molecular weight is 588 g/mol. The van der Waals surface area contributed by atoms with Crippen LogP contribution in [0.1, 0.15) is 32.8 Å². The van der Waals surface area contributed by atoms with E-state index in [9.17, 15) is 22.8 Å². The van der Waals surface area contributed by atoms with Gasteiger partial charge in [-0.1, -0.05) is 17.7 Å². The number of hydrogen-bond acceptors (Lipinski definition) is 7. The molecule has 0 spiro atoms. The van der Waals surface area contributed by atoms with E-state index < -0.39 is 29.1 Å². The molecule has 7 nitrogen and oxygen atoms in total.